The SMILES string of the molecule is N#Cc1cccc(C#N)c1Oc1ccc(I)cc1. The van der Waals surface area contributed by atoms with Crippen LogP contribution in [-0.2, 0) is 0 Å². The Morgan fingerprint density at radius 3 is 1.94 bits per heavy atom. The van der Waals surface area contributed by atoms with Crippen LogP contribution in [0.5, 0.6) is 11.5 Å². The Morgan fingerprint density at radius 2 is 1.44 bits per heavy atom. The van der Waals surface area contributed by atoms with E-state index < -0.39 is 0 Å². The average Bonchev–Trinajstić information content (AvgIpc) is 2.41. The third-order valence-electron chi connectivity index (χ3n) is 2.29. The number of ether oxygens (including phenoxy) is 1. The van der Waals surface area contributed by atoms with Crippen LogP contribution in [0.2, 0.25) is 0 Å². The van der Waals surface area contributed by atoms with Crippen molar-refractivity contribution in [2.24, 2.45) is 0 Å². The van der Waals surface area contributed by atoms with E-state index >= 15 is 0 Å². The van der Waals surface area contributed by atoms with Crippen molar-refractivity contribution in [3.05, 3.63) is 57.2 Å². The number of halogens is 1. The molecule has 0 aliphatic rings. The molecule has 2 aromatic rings. The second-order valence-corrected chi connectivity index (χ2v) is 4.71. The molecule has 0 N–H and O–H groups in total. The fourth-order valence-electron chi connectivity index (χ4n) is 1.44. The quantitative estimate of drug-likeness (QED) is 0.777. The number of para-hydroxylation sites is 1. The molecule has 0 amide bonds. The van der Waals surface area contributed by atoms with Crippen molar-refractivity contribution in [1.82, 2.24) is 0 Å². The van der Waals surface area contributed by atoms with Crippen LogP contribution < -0.4 is 4.74 Å². The fourth-order valence-corrected chi connectivity index (χ4v) is 1.80. The summed E-state index contributed by atoms with van der Waals surface area (Å²) in [6, 6.07) is 16.4. The van der Waals surface area contributed by atoms with Crippen LogP contribution in [0.15, 0.2) is 42.5 Å². The van der Waals surface area contributed by atoms with Crippen molar-refractivity contribution in [1.29, 1.82) is 10.5 Å². The molecule has 18 heavy (non-hydrogen) atoms. The van der Waals surface area contributed by atoms with E-state index in [9.17, 15) is 0 Å². The highest BCUT2D eigenvalue weighted by molar-refractivity contribution is 14.1. The maximum atomic E-state index is 9.02. The van der Waals surface area contributed by atoms with E-state index in [0.29, 0.717) is 22.6 Å². The third kappa shape index (κ3) is 2.61. The Morgan fingerprint density at radius 1 is 0.889 bits per heavy atom. The first-order valence-corrected chi connectivity index (χ1v) is 6.19. The number of rotatable bonds is 2. The molecule has 2 rings (SSSR count). The second kappa shape index (κ2) is 5.52. The first-order valence-electron chi connectivity index (χ1n) is 5.11. The molecule has 4 heteroatoms. The summed E-state index contributed by atoms with van der Waals surface area (Å²) in [6.07, 6.45) is 0. The van der Waals surface area contributed by atoms with Gasteiger partial charge in [-0.3, -0.25) is 0 Å². The van der Waals surface area contributed by atoms with Crippen LogP contribution in [0.1, 0.15) is 11.1 Å². The van der Waals surface area contributed by atoms with Crippen molar-refractivity contribution in [3.8, 4) is 23.6 Å². The van der Waals surface area contributed by atoms with Gasteiger partial charge in [-0.05, 0) is 59.0 Å². The van der Waals surface area contributed by atoms with Crippen molar-refractivity contribution in [2.45, 2.75) is 0 Å². The van der Waals surface area contributed by atoms with E-state index in [0.717, 1.165) is 3.57 Å². The van der Waals surface area contributed by atoms with Gasteiger partial charge in [-0.2, -0.15) is 10.5 Å². The van der Waals surface area contributed by atoms with Crippen molar-refractivity contribution < 1.29 is 4.74 Å². The highest BCUT2D eigenvalue weighted by atomic mass is 127. The number of hydrogen-bond acceptors (Lipinski definition) is 3. The Bertz CT molecular complexity index is 619. The molecule has 86 valence electrons. The van der Waals surface area contributed by atoms with Gasteiger partial charge in [0.25, 0.3) is 0 Å². The number of benzene rings is 2. The zero-order chi connectivity index (χ0) is 13.0. The molecular weight excluding hydrogens is 339 g/mol. The van der Waals surface area contributed by atoms with E-state index in [1.54, 1.807) is 30.3 Å². The summed E-state index contributed by atoms with van der Waals surface area (Å²) in [7, 11) is 0. The lowest BCUT2D eigenvalue weighted by molar-refractivity contribution is 0.479. The van der Waals surface area contributed by atoms with E-state index in [4.69, 9.17) is 15.3 Å². The minimum Gasteiger partial charge on any atom is -0.455 e. The van der Waals surface area contributed by atoms with Gasteiger partial charge in [0, 0.05) is 3.57 Å². The molecule has 0 saturated heterocycles. The van der Waals surface area contributed by atoms with Crippen molar-refractivity contribution in [2.75, 3.05) is 0 Å². The summed E-state index contributed by atoms with van der Waals surface area (Å²) in [4.78, 5) is 0. The lowest BCUT2D eigenvalue weighted by Crippen LogP contribution is -1.92. The van der Waals surface area contributed by atoms with Crippen molar-refractivity contribution in [3.63, 3.8) is 0 Å². The van der Waals surface area contributed by atoms with Crippen LogP contribution in [0.25, 0.3) is 0 Å². The molecule has 0 unspecified atom stereocenters. The molecule has 0 aromatic heterocycles. The van der Waals surface area contributed by atoms with Crippen LogP contribution >= 0.6 is 22.6 Å². The molecule has 0 radical (unpaired) electrons. The van der Waals surface area contributed by atoms with Crippen LogP contribution in [0.3, 0.4) is 0 Å². The predicted molar refractivity (Wildman–Crippen MR) is 75.1 cm³/mol. The average molecular weight is 346 g/mol. The van der Waals surface area contributed by atoms with Crippen molar-refractivity contribution >= 4 is 22.6 Å². The van der Waals surface area contributed by atoms with E-state index in [-0.39, 0.29) is 0 Å². The fraction of sp³-hybridized carbons (Fsp3) is 0. The van der Waals surface area contributed by atoms with Gasteiger partial charge in [-0.15, -0.1) is 0 Å². The van der Waals surface area contributed by atoms with Gasteiger partial charge in [0.2, 0.25) is 0 Å². The van der Waals surface area contributed by atoms with Gasteiger partial charge < -0.3 is 4.74 Å². The normalized spacial score (nSPS) is 9.28. The summed E-state index contributed by atoms with van der Waals surface area (Å²) in [5, 5.41) is 18.0. The minimum absolute atomic E-state index is 0.309. The van der Waals surface area contributed by atoms with Crippen LogP contribution in [0.4, 0.5) is 0 Å². The van der Waals surface area contributed by atoms with E-state index in [2.05, 4.69) is 22.6 Å². The summed E-state index contributed by atoms with van der Waals surface area (Å²) < 4.78 is 6.72. The molecule has 0 atom stereocenters. The standard InChI is InChI=1S/C14H7IN2O/c15-12-4-6-13(7-5-12)18-14-10(8-16)2-1-3-11(14)9-17/h1-7H. The summed E-state index contributed by atoms with van der Waals surface area (Å²) >= 11 is 2.20. The lowest BCUT2D eigenvalue weighted by atomic mass is 10.1. The Hall–Kier alpha value is -2.05. The maximum absolute atomic E-state index is 9.02. The lowest BCUT2D eigenvalue weighted by Gasteiger charge is -2.08. The summed E-state index contributed by atoms with van der Waals surface area (Å²) in [6.45, 7) is 0. The summed E-state index contributed by atoms with van der Waals surface area (Å²) in [5.41, 5.74) is 0.709. The molecular formula is C14H7IN2O. The largest absolute Gasteiger partial charge is 0.455 e. The van der Waals surface area contributed by atoms with Gasteiger partial charge in [0.15, 0.2) is 5.75 Å². The Balaban J connectivity index is 2.43. The molecule has 0 fully saturated rings. The highest BCUT2D eigenvalue weighted by Gasteiger charge is 2.10. The molecule has 0 spiro atoms. The molecule has 3 nitrogen and oxygen atoms in total. The molecule has 0 aliphatic carbocycles. The Labute approximate surface area is 118 Å². The van der Waals surface area contributed by atoms with Gasteiger partial charge in [0.1, 0.15) is 17.9 Å². The van der Waals surface area contributed by atoms with E-state index in [1.165, 1.54) is 0 Å². The number of nitrogens with zero attached hydrogens (tertiary/aromatic N) is 2. The number of hydrogen-bond donors (Lipinski definition) is 0. The Kier molecular flexibility index (Phi) is 3.81. The topological polar surface area (TPSA) is 56.8 Å². The van der Waals surface area contributed by atoms with Gasteiger partial charge in [0.05, 0.1) is 11.1 Å². The molecule has 0 aliphatic heterocycles. The zero-order valence-electron chi connectivity index (χ0n) is 9.22. The van der Waals surface area contributed by atoms with Crippen LogP contribution in [0, 0.1) is 26.2 Å². The van der Waals surface area contributed by atoms with E-state index in [1.807, 2.05) is 24.3 Å². The predicted octanol–water partition coefficient (Wildman–Crippen LogP) is 3.83. The van der Waals surface area contributed by atoms with Gasteiger partial charge in [-0.25, -0.2) is 0 Å². The smallest absolute Gasteiger partial charge is 0.162 e. The molecule has 2 aromatic carbocycles. The third-order valence-corrected chi connectivity index (χ3v) is 3.01. The molecule has 0 bridgehead atoms. The molecule has 0 saturated carbocycles. The molecule has 0 heterocycles. The maximum Gasteiger partial charge on any atom is 0.162 e. The summed E-state index contributed by atoms with van der Waals surface area (Å²) in [5.74, 6) is 0.915. The number of nitriles is 2. The zero-order valence-corrected chi connectivity index (χ0v) is 11.4. The monoisotopic (exact) mass is 346 g/mol. The first kappa shape index (κ1) is 12.4. The van der Waals surface area contributed by atoms with Crippen LogP contribution in [-0.4, -0.2) is 0 Å². The second-order valence-electron chi connectivity index (χ2n) is 3.46. The first-order chi connectivity index (χ1) is 8.74. The highest BCUT2D eigenvalue weighted by Crippen LogP contribution is 2.28. The minimum atomic E-state index is 0.309. The van der Waals surface area contributed by atoms with Gasteiger partial charge in [-0.1, -0.05) is 6.07 Å². The van der Waals surface area contributed by atoms with Gasteiger partial charge >= 0.3 is 0 Å².